The van der Waals surface area contributed by atoms with Crippen molar-refractivity contribution in [1.82, 2.24) is 15.3 Å². The first-order chi connectivity index (χ1) is 10.2. The molecule has 106 valence electrons. The molecule has 1 aliphatic heterocycles. The van der Waals surface area contributed by atoms with Gasteiger partial charge in [0.25, 0.3) is 5.91 Å². The minimum atomic E-state index is -0.451. The molecule has 1 aliphatic rings. The first kappa shape index (κ1) is 12.6. The largest absolute Gasteiger partial charge is 0.366 e. The van der Waals surface area contributed by atoms with Crippen LogP contribution in [0.2, 0.25) is 0 Å². The van der Waals surface area contributed by atoms with Crippen molar-refractivity contribution in [2.24, 2.45) is 5.73 Å². The highest BCUT2D eigenvalue weighted by Gasteiger charge is 2.17. The third kappa shape index (κ3) is 2.03. The van der Waals surface area contributed by atoms with E-state index >= 15 is 0 Å². The number of nitrogens with one attached hydrogen (secondary N) is 2. The number of aromatic nitrogens is 2. The van der Waals surface area contributed by atoms with Crippen LogP contribution >= 0.6 is 11.3 Å². The van der Waals surface area contributed by atoms with Crippen LogP contribution in [-0.2, 0) is 13.0 Å². The summed E-state index contributed by atoms with van der Waals surface area (Å²) in [6, 6.07) is 7.63. The lowest BCUT2D eigenvalue weighted by atomic mass is 10.1. The third-order valence-corrected chi connectivity index (χ3v) is 4.95. The number of H-pyrrole nitrogens is 1. The number of rotatable bonds is 2. The van der Waals surface area contributed by atoms with Gasteiger partial charge in [-0.2, -0.15) is 0 Å². The topological polar surface area (TPSA) is 83.8 Å². The van der Waals surface area contributed by atoms with Crippen molar-refractivity contribution in [3.05, 3.63) is 40.3 Å². The van der Waals surface area contributed by atoms with Gasteiger partial charge in [0, 0.05) is 11.4 Å². The summed E-state index contributed by atoms with van der Waals surface area (Å²) in [5.41, 5.74) is 8.74. The summed E-state index contributed by atoms with van der Waals surface area (Å²) in [4.78, 5) is 21.8. The monoisotopic (exact) mass is 298 g/mol. The number of carbonyl (C=O) groups excluding carboxylic acids is 1. The molecule has 1 aromatic carbocycles. The number of nitrogens with two attached hydrogens (primary N) is 1. The summed E-state index contributed by atoms with van der Waals surface area (Å²) >= 11 is 1.75. The van der Waals surface area contributed by atoms with Gasteiger partial charge >= 0.3 is 0 Å². The molecular weight excluding hydrogens is 284 g/mol. The Morgan fingerprint density at radius 2 is 2.29 bits per heavy atom. The normalized spacial score (nSPS) is 14.3. The van der Waals surface area contributed by atoms with Gasteiger partial charge in [-0.05, 0) is 36.7 Å². The van der Waals surface area contributed by atoms with E-state index in [1.807, 2.05) is 12.1 Å². The van der Waals surface area contributed by atoms with Gasteiger partial charge in [-0.15, -0.1) is 11.3 Å². The van der Waals surface area contributed by atoms with Crippen LogP contribution in [0.1, 0.15) is 20.8 Å². The number of nitrogens with zero attached hydrogens (tertiary/aromatic N) is 1. The summed E-state index contributed by atoms with van der Waals surface area (Å²) in [6.07, 6.45) is 1.05. The number of carbonyl (C=O) groups is 1. The molecule has 0 unspecified atom stereocenters. The maximum absolute atomic E-state index is 11.5. The van der Waals surface area contributed by atoms with Gasteiger partial charge in [0.1, 0.15) is 11.3 Å². The van der Waals surface area contributed by atoms with Crippen molar-refractivity contribution in [1.29, 1.82) is 0 Å². The molecule has 2 aromatic heterocycles. The van der Waals surface area contributed by atoms with E-state index in [1.54, 1.807) is 17.4 Å². The van der Waals surface area contributed by atoms with Gasteiger partial charge in [-0.1, -0.05) is 6.07 Å². The number of thiophene rings is 1. The molecule has 3 aromatic rings. The molecule has 0 saturated carbocycles. The fourth-order valence-electron chi connectivity index (χ4n) is 2.72. The maximum Gasteiger partial charge on any atom is 0.250 e. The van der Waals surface area contributed by atoms with Crippen LogP contribution < -0.4 is 11.1 Å². The van der Waals surface area contributed by atoms with E-state index < -0.39 is 5.91 Å². The van der Waals surface area contributed by atoms with Gasteiger partial charge in [0.05, 0.1) is 16.0 Å². The zero-order chi connectivity index (χ0) is 14.4. The number of fused-ring (bicyclic) bond motifs is 2. The van der Waals surface area contributed by atoms with Crippen molar-refractivity contribution in [2.45, 2.75) is 13.0 Å². The van der Waals surface area contributed by atoms with Crippen LogP contribution in [0.15, 0.2) is 24.3 Å². The van der Waals surface area contributed by atoms with Crippen LogP contribution in [0.3, 0.4) is 0 Å². The number of imidazole rings is 1. The van der Waals surface area contributed by atoms with Crippen molar-refractivity contribution >= 4 is 28.3 Å². The number of aromatic amines is 1. The number of para-hydroxylation sites is 1. The molecule has 4 rings (SSSR count). The number of hydrogen-bond donors (Lipinski definition) is 3. The number of primary amides is 1. The van der Waals surface area contributed by atoms with E-state index in [-0.39, 0.29) is 0 Å². The average molecular weight is 298 g/mol. The molecular formula is C15H14N4OS. The van der Waals surface area contributed by atoms with E-state index in [9.17, 15) is 4.79 Å². The zero-order valence-electron chi connectivity index (χ0n) is 11.3. The first-order valence-corrected chi connectivity index (χ1v) is 7.65. The van der Waals surface area contributed by atoms with Crippen LogP contribution in [-0.4, -0.2) is 22.4 Å². The molecule has 0 fully saturated rings. The second-order valence-corrected chi connectivity index (χ2v) is 6.27. The number of hydrogen-bond acceptors (Lipinski definition) is 4. The molecule has 4 N–H and O–H groups in total. The lowest BCUT2D eigenvalue weighted by Crippen LogP contribution is -2.21. The summed E-state index contributed by atoms with van der Waals surface area (Å²) in [6.45, 7) is 1.95. The second kappa shape index (κ2) is 4.68. The van der Waals surface area contributed by atoms with Gasteiger partial charge in [-0.25, -0.2) is 4.98 Å². The van der Waals surface area contributed by atoms with E-state index in [0.717, 1.165) is 35.7 Å². The Kier molecular flexibility index (Phi) is 2.80. The van der Waals surface area contributed by atoms with E-state index in [1.165, 1.54) is 10.4 Å². The van der Waals surface area contributed by atoms with Crippen molar-refractivity contribution < 1.29 is 4.79 Å². The Morgan fingerprint density at radius 1 is 1.38 bits per heavy atom. The molecule has 0 radical (unpaired) electrons. The smallest absolute Gasteiger partial charge is 0.250 e. The summed E-state index contributed by atoms with van der Waals surface area (Å²) in [5, 5.41) is 3.37. The van der Waals surface area contributed by atoms with Crippen LogP contribution in [0.5, 0.6) is 0 Å². The number of benzene rings is 1. The Bertz CT molecular complexity index is 825. The fraction of sp³-hybridized carbons (Fsp3) is 0.200. The lowest BCUT2D eigenvalue weighted by molar-refractivity contribution is 0.100. The summed E-state index contributed by atoms with van der Waals surface area (Å²) in [5.74, 6) is 0.353. The van der Waals surface area contributed by atoms with Crippen molar-refractivity contribution in [2.75, 3.05) is 6.54 Å². The van der Waals surface area contributed by atoms with E-state index in [0.29, 0.717) is 11.1 Å². The van der Waals surface area contributed by atoms with Crippen molar-refractivity contribution in [3.63, 3.8) is 0 Å². The Hall–Kier alpha value is -2.18. The molecule has 1 amide bonds. The van der Waals surface area contributed by atoms with E-state index in [4.69, 9.17) is 5.73 Å². The standard InChI is InChI=1S/C15H14N4OS/c16-14(20)9-2-1-3-10-13(9)19-15(18-10)11-6-8-4-5-17-7-12(8)21-11/h1-3,6,17H,4-5,7H2,(H2,16,20)(H,18,19). The van der Waals surface area contributed by atoms with Gasteiger partial charge in [0.2, 0.25) is 0 Å². The molecule has 6 heteroatoms. The van der Waals surface area contributed by atoms with Crippen LogP contribution in [0.4, 0.5) is 0 Å². The number of amides is 1. The molecule has 3 heterocycles. The van der Waals surface area contributed by atoms with Gasteiger partial charge in [-0.3, -0.25) is 4.79 Å². The molecule has 0 atom stereocenters. The first-order valence-electron chi connectivity index (χ1n) is 6.83. The highest BCUT2D eigenvalue weighted by molar-refractivity contribution is 7.15. The Balaban J connectivity index is 1.85. The zero-order valence-corrected chi connectivity index (χ0v) is 12.1. The average Bonchev–Trinajstić information content (AvgIpc) is 3.09. The summed E-state index contributed by atoms with van der Waals surface area (Å²) in [7, 11) is 0. The lowest BCUT2D eigenvalue weighted by Gasteiger charge is -2.10. The van der Waals surface area contributed by atoms with Gasteiger partial charge in [0.15, 0.2) is 0 Å². The minimum Gasteiger partial charge on any atom is -0.366 e. The summed E-state index contributed by atoms with van der Waals surface area (Å²) < 4.78 is 0. The Labute approximate surface area is 125 Å². The molecule has 0 spiro atoms. The van der Waals surface area contributed by atoms with E-state index in [2.05, 4.69) is 21.4 Å². The quantitative estimate of drug-likeness (QED) is 0.677. The van der Waals surface area contributed by atoms with Crippen LogP contribution in [0, 0.1) is 0 Å². The predicted octanol–water partition coefficient (Wildman–Crippen LogP) is 2.04. The fourth-order valence-corrected chi connectivity index (χ4v) is 3.84. The molecule has 0 bridgehead atoms. The maximum atomic E-state index is 11.5. The predicted molar refractivity (Wildman–Crippen MR) is 83.3 cm³/mol. The molecule has 0 aliphatic carbocycles. The Morgan fingerprint density at radius 3 is 3.10 bits per heavy atom. The molecule has 0 saturated heterocycles. The molecule has 21 heavy (non-hydrogen) atoms. The highest BCUT2D eigenvalue weighted by atomic mass is 32.1. The SMILES string of the molecule is NC(=O)c1cccc2[nH]c(-c3cc4c(s3)CNCC4)nc12. The second-order valence-electron chi connectivity index (χ2n) is 5.14. The molecule has 5 nitrogen and oxygen atoms in total. The highest BCUT2D eigenvalue weighted by Crippen LogP contribution is 2.33. The van der Waals surface area contributed by atoms with Crippen LogP contribution in [0.25, 0.3) is 21.7 Å². The van der Waals surface area contributed by atoms with Gasteiger partial charge < -0.3 is 16.0 Å². The third-order valence-electron chi connectivity index (χ3n) is 3.76. The van der Waals surface area contributed by atoms with Crippen molar-refractivity contribution in [3.8, 4) is 10.7 Å². The minimum absolute atomic E-state index is 0.451.